The van der Waals surface area contributed by atoms with Gasteiger partial charge < -0.3 is 15.8 Å². The van der Waals surface area contributed by atoms with Gasteiger partial charge in [-0.15, -0.1) is 0 Å². The molecule has 0 aliphatic carbocycles. The number of amides is 1. The summed E-state index contributed by atoms with van der Waals surface area (Å²) in [6.45, 7) is 1.35. The predicted octanol–water partition coefficient (Wildman–Crippen LogP) is 1.67. The molecule has 86 valence electrons. The normalized spacial score (nSPS) is 9.69. The van der Waals surface area contributed by atoms with Gasteiger partial charge in [-0.3, -0.25) is 4.79 Å². The lowest BCUT2D eigenvalue weighted by Crippen LogP contribution is -2.10. The average molecular weight is 243 g/mol. The van der Waals surface area contributed by atoms with Crippen molar-refractivity contribution in [3.05, 3.63) is 22.7 Å². The summed E-state index contributed by atoms with van der Waals surface area (Å²) < 4.78 is 4.53. The molecule has 0 fully saturated rings. The lowest BCUT2D eigenvalue weighted by atomic mass is 10.1. The van der Waals surface area contributed by atoms with E-state index in [1.54, 1.807) is 0 Å². The van der Waals surface area contributed by atoms with E-state index in [1.165, 1.54) is 26.2 Å². The van der Waals surface area contributed by atoms with Gasteiger partial charge in [-0.1, -0.05) is 11.6 Å². The van der Waals surface area contributed by atoms with Gasteiger partial charge in [0.15, 0.2) is 0 Å². The largest absolute Gasteiger partial charge is 0.465 e. The quantitative estimate of drug-likeness (QED) is 0.611. The Morgan fingerprint density at radius 1 is 1.44 bits per heavy atom. The number of esters is 1. The minimum atomic E-state index is -0.578. The number of carbonyl (C=O) groups excluding carboxylic acids is 2. The molecule has 0 aliphatic heterocycles. The van der Waals surface area contributed by atoms with Crippen LogP contribution in [-0.4, -0.2) is 19.0 Å². The Bertz CT molecular complexity index is 446. The van der Waals surface area contributed by atoms with Crippen LogP contribution in [0.5, 0.6) is 0 Å². The Hall–Kier alpha value is -1.75. The number of carbonyl (C=O) groups is 2. The minimum Gasteiger partial charge on any atom is -0.465 e. The summed E-state index contributed by atoms with van der Waals surface area (Å²) in [5, 5.41) is 2.67. The van der Waals surface area contributed by atoms with Gasteiger partial charge in [-0.25, -0.2) is 4.79 Å². The second-order valence-electron chi connectivity index (χ2n) is 3.09. The highest BCUT2D eigenvalue weighted by Crippen LogP contribution is 2.27. The van der Waals surface area contributed by atoms with Crippen LogP contribution in [0.25, 0.3) is 0 Å². The third kappa shape index (κ3) is 2.64. The number of benzene rings is 1. The molecule has 0 spiro atoms. The molecule has 0 atom stereocenters. The number of hydrogen-bond donors (Lipinski definition) is 2. The van der Waals surface area contributed by atoms with E-state index in [4.69, 9.17) is 17.3 Å². The smallest absolute Gasteiger partial charge is 0.339 e. The maximum absolute atomic E-state index is 11.3. The Morgan fingerprint density at radius 3 is 2.56 bits per heavy atom. The molecule has 0 unspecified atom stereocenters. The first-order chi connectivity index (χ1) is 7.45. The molecule has 0 heterocycles. The van der Waals surface area contributed by atoms with Crippen molar-refractivity contribution in [1.82, 2.24) is 0 Å². The Morgan fingerprint density at radius 2 is 2.06 bits per heavy atom. The summed E-state index contributed by atoms with van der Waals surface area (Å²) in [7, 11) is 1.25. The summed E-state index contributed by atoms with van der Waals surface area (Å²) in [4.78, 5) is 22.1. The van der Waals surface area contributed by atoms with E-state index in [0.29, 0.717) is 5.69 Å². The van der Waals surface area contributed by atoms with Crippen molar-refractivity contribution in [3.63, 3.8) is 0 Å². The lowest BCUT2D eigenvalue weighted by Gasteiger charge is -2.09. The molecule has 0 aromatic heterocycles. The van der Waals surface area contributed by atoms with Crippen LogP contribution in [0.15, 0.2) is 12.1 Å². The van der Waals surface area contributed by atoms with Crippen molar-refractivity contribution in [2.75, 3.05) is 18.2 Å². The van der Waals surface area contributed by atoms with Crippen molar-refractivity contribution in [1.29, 1.82) is 0 Å². The van der Waals surface area contributed by atoms with Crippen molar-refractivity contribution in [3.8, 4) is 0 Å². The fourth-order valence-electron chi connectivity index (χ4n) is 1.15. The number of methoxy groups -OCH3 is 1. The van der Waals surface area contributed by atoms with Gasteiger partial charge in [0.05, 0.1) is 29.1 Å². The molecule has 0 radical (unpaired) electrons. The molecule has 3 N–H and O–H groups in total. The molecular formula is C10H11ClN2O3. The molecule has 0 aliphatic rings. The van der Waals surface area contributed by atoms with Gasteiger partial charge in [0.2, 0.25) is 5.91 Å². The summed E-state index contributed by atoms with van der Waals surface area (Å²) in [5.74, 6) is -0.848. The Kier molecular flexibility index (Phi) is 3.73. The van der Waals surface area contributed by atoms with Gasteiger partial charge in [0.25, 0.3) is 0 Å². The first-order valence-electron chi connectivity index (χ1n) is 4.40. The van der Waals surface area contributed by atoms with Crippen LogP contribution in [0.3, 0.4) is 0 Å². The van der Waals surface area contributed by atoms with Crippen LogP contribution in [0, 0.1) is 0 Å². The van der Waals surface area contributed by atoms with E-state index >= 15 is 0 Å². The van der Waals surface area contributed by atoms with Gasteiger partial charge in [-0.05, 0) is 12.1 Å². The van der Waals surface area contributed by atoms with Gasteiger partial charge in [-0.2, -0.15) is 0 Å². The molecule has 0 bridgehead atoms. The number of hydrogen-bond acceptors (Lipinski definition) is 4. The second kappa shape index (κ2) is 4.85. The van der Waals surface area contributed by atoms with Gasteiger partial charge in [0, 0.05) is 6.92 Å². The lowest BCUT2D eigenvalue weighted by molar-refractivity contribution is -0.114. The molecule has 0 saturated carbocycles. The zero-order chi connectivity index (χ0) is 12.3. The van der Waals surface area contributed by atoms with E-state index in [2.05, 4.69) is 10.1 Å². The van der Waals surface area contributed by atoms with Crippen molar-refractivity contribution < 1.29 is 14.3 Å². The molecule has 5 nitrogen and oxygen atoms in total. The maximum atomic E-state index is 11.3. The van der Waals surface area contributed by atoms with Gasteiger partial charge >= 0.3 is 5.97 Å². The SMILES string of the molecule is COC(=O)c1cc(N)c(NC(C)=O)cc1Cl. The maximum Gasteiger partial charge on any atom is 0.339 e. The molecule has 1 rings (SSSR count). The molecule has 0 saturated heterocycles. The first-order valence-corrected chi connectivity index (χ1v) is 4.78. The highest BCUT2D eigenvalue weighted by Gasteiger charge is 2.14. The minimum absolute atomic E-state index is 0.163. The molecule has 16 heavy (non-hydrogen) atoms. The van der Waals surface area contributed by atoms with Crippen LogP contribution >= 0.6 is 11.6 Å². The summed E-state index contributed by atoms with van der Waals surface area (Å²) in [6.07, 6.45) is 0. The number of ether oxygens (including phenoxy) is 1. The zero-order valence-electron chi connectivity index (χ0n) is 8.83. The zero-order valence-corrected chi connectivity index (χ0v) is 9.59. The number of nitrogens with one attached hydrogen (secondary N) is 1. The van der Waals surface area contributed by atoms with E-state index < -0.39 is 5.97 Å². The Labute approximate surface area is 97.5 Å². The number of nitrogen functional groups attached to an aromatic ring is 1. The topological polar surface area (TPSA) is 81.4 Å². The molecule has 1 amide bonds. The van der Waals surface area contributed by atoms with Gasteiger partial charge in [0.1, 0.15) is 0 Å². The molecule has 1 aromatic rings. The van der Waals surface area contributed by atoms with E-state index in [1.807, 2.05) is 0 Å². The summed E-state index contributed by atoms with van der Waals surface area (Å²) in [5.41, 5.74) is 6.43. The Balaban J connectivity index is 3.16. The highest BCUT2D eigenvalue weighted by atomic mass is 35.5. The van der Waals surface area contributed by atoms with Crippen molar-refractivity contribution in [2.45, 2.75) is 6.92 Å². The third-order valence-electron chi connectivity index (χ3n) is 1.86. The third-order valence-corrected chi connectivity index (χ3v) is 2.17. The van der Waals surface area contributed by atoms with E-state index in [0.717, 1.165) is 0 Å². The summed E-state index contributed by atoms with van der Waals surface area (Å²) >= 11 is 5.85. The van der Waals surface area contributed by atoms with E-state index in [9.17, 15) is 9.59 Å². The van der Waals surface area contributed by atoms with Crippen molar-refractivity contribution in [2.24, 2.45) is 0 Å². The van der Waals surface area contributed by atoms with Crippen LogP contribution in [0.2, 0.25) is 5.02 Å². The average Bonchev–Trinajstić information content (AvgIpc) is 2.21. The number of rotatable bonds is 2. The number of halogens is 1. The molecular weight excluding hydrogens is 232 g/mol. The standard InChI is InChI=1S/C10H11ClN2O3/c1-5(14)13-9-4-7(11)6(3-8(9)12)10(15)16-2/h3-4H,12H2,1-2H3,(H,13,14). The first kappa shape index (κ1) is 12.3. The van der Waals surface area contributed by atoms with E-state index in [-0.39, 0.29) is 22.2 Å². The number of anilines is 2. The fraction of sp³-hybridized carbons (Fsp3) is 0.200. The fourth-order valence-corrected chi connectivity index (χ4v) is 1.40. The van der Waals surface area contributed by atoms with Crippen LogP contribution in [-0.2, 0) is 9.53 Å². The monoisotopic (exact) mass is 242 g/mol. The highest BCUT2D eigenvalue weighted by molar-refractivity contribution is 6.34. The van der Waals surface area contributed by atoms with Crippen LogP contribution in [0.1, 0.15) is 17.3 Å². The predicted molar refractivity (Wildman–Crippen MR) is 61.5 cm³/mol. The van der Waals surface area contributed by atoms with Crippen molar-refractivity contribution >= 4 is 34.9 Å². The summed E-state index contributed by atoms with van der Waals surface area (Å²) in [6, 6.07) is 2.77. The second-order valence-corrected chi connectivity index (χ2v) is 3.50. The number of nitrogens with two attached hydrogens (primary N) is 1. The van der Waals surface area contributed by atoms with Crippen LogP contribution in [0.4, 0.5) is 11.4 Å². The van der Waals surface area contributed by atoms with Crippen LogP contribution < -0.4 is 11.1 Å². The molecule has 1 aromatic carbocycles. The molecule has 6 heteroatoms.